The summed E-state index contributed by atoms with van der Waals surface area (Å²) >= 11 is 0. The lowest BCUT2D eigenvalue weighted by Crippen LogP contribution is -2.48. The molecule has 6 heterocycles. The van der Waals surface area contributed by atoms with Crippen molar-refractivity contribution in [2.24, 2.45) is 0 Å². The summed E-state index contributed by atoms with van der Waals surface area (Å²) in [6.07, 6.45) is 0. The van der Waals surface area contributed by atoms with E-state index in [2.05, 4.69) is 56.5 Å². The largest absolute Gasteiger partial charge is 0.478 e. The molecule has 4 N–H and O–H groups in total. The average molecular weight is 958 g/mol. The van der Waals surface area contributed by atoms with Crippen LogP contribution in [-0.4, -0.2) is 94.4 Å². The van der Waals surface area contributed by atoms with Gasteiger partial charge < -0.3 is 34.8 Å². The molecular weight excluding hydrogens is 904 g/mol. The first-order valence-corrected chi connectivity index (χ1v) is 22.7. The van der Waals surface area contributed by atoms with E-state index in [4.69, 9.17) is 20.0 Å². The number of aromatic carboxylic acids is 1. The molecule has 4 aliphatic rings. The van der Waals surface area contributed by atoms with Crippen LogP contribution in [0.1, 0.15) is 114 Å². The van der Waals surface area contributed by atoms with Crippen molar-refractivity contribution in [1.82, 2.24) is 30.2 Å². The maximum absolute atomic E-state index is 13.4. The number of benzene rings is 4. The monoisotopic (exact) mass is 956 g/mol. The van der Waals surface area contributed by atoms with Gasteiger partial charge in [0.2, 0.25) is 0 Å². The van der Waals surface area contributed by atoms with Crippen LogP contribution in [0.25, 0.3) is 22.5 Å². The smallest absolute Gasteiger partial charge is 0.335 e. The van der Waals surface area contributed by atoms with Crippen molar-refractivity contribution in [3.63, 3.8) is 0 Å². The van der Waals surface area contributed by atoms with Crippen LogP contribution < -0.4 is 5.32 Å². The van der Waals surface area contributed by atoms with Crippen molar-refractivity contribution in [2.75, 3.05) is 52.6 Å². The molecule has 4 fully saturated rings. The first-order chi connectivity index (χ1) is 33.1. The number of aromatic amines is 2. The van der Waals surface area contributed by atoms with Gasteiger partial charge in [-0.2, -0.15) is 21.0 Å². The number of aryl methyl sites for hydroxylation is 4. The van der Waals surface area contributed by atoms with Gasteiger partial charge in [0.1, 0.15) is 23.8 Å². The lowest BCUT2D eigenvalue weighted by molar-refractivity contribution is -0.0539. The summed E-state index contributed by atoms with van der Waals surface area (Å²) in [5.74, 6) is 1.38. The summed E-state index contributed by atoms with van der Waals surface area (Å²) in [6, 6.07) is 31.3. The molecule has 4 saturated heterocycles. The molecule has 0 spiro atoms. The van der Waals surface area contributed by atoms with Crippen LogP contribution in [-0.2, 0) is 20.3 Å². The minimum absolute atomic E-state index is 0. The van der Waals surface area contributed by atoms with E-state index in [1.165, 1.54) is 5.56 Å². The number of amides is 1. The second-order valence-corrected chi connectivity index (χ2v) is 18.9. The van der Waals surface area contributed by atoms with Gasteiger partial charge in [0, 0.05) is 54.7 Å². The van der Waals surface area contributed by atoms with E-state index >= 15 is 0 Å². The second kappa shape index (κ2) is 20.5. The maximum atomic E-state index is 13.4. The molecule has 0 unspecified atom stereocenters. The Bertz CT molecular complexity index is 3130. The fraction of sp³-hybridized carbons (Fsp3) is 0.333. The summed E-state index contributed by atoms with van der Waals surface area (Å²) in [6.45, 7) is 17.3. The van der Waals surface area contributed by atoms with Crippen LogP contribution in [0, 0.1) is 73.0 Å². The number of likely N-dealkylation sites (tertiary alicyclic amines) is 1. The number of nitrogens with one attached hydrogen (secondary N) is 3. The molecule has 0 saturated carbocycles. The Morgan fingerprint density at radius 2 is 1.04 bits per heavy atom. The van der Waals surface area contributed by atoms with Gasteiger partial charge in [-0.15, -0.1) is 12.4 Å². The molecule has 15 nitrogen and oxygen atoms in total. The third-order valence-corrected chi connectivity index (χ3v) is 13.6. The Balaban J connectivity index is 0.000000172. The first kappa shape index (κ1) is 50.3. The van der Waals surface area contributed by atoms with Gasteiger partial charge in [0.25, 0.3) is 5.91 Å². The van der Waals surface area contributed by atoms with E-state index in [0.717, 1.165) is 52.3 Å². The van der Waals surface area contributed by atoms with Gasteiger partial charge in [0.05, 0.1) is 77.5 Å². The zero-order valence-electron chi connectivity index (χ0n) is 39.9. The molecule has 356 valence electrons. The molecule has 6 aromatic rings. The van der Waals surface area contributed by atoms with Crippen LogP contribution in [0.2, 0.25) is 0 Å². The second-order valence-electron chi connectivity index (χ2n) is 18.9. The molecule has 2 aromatic heterocycles. The highest BCUT2D eigenvalue weighted by atomic mass is 35.5. The fourth-order valence-electron chi connectivity index (χ4n) is 8.87. The zero-order valence-corrected chi connectivity index (χ0v) is 40.7. The van der Waals surface area contributed by atoms with E-state index in [9.17, 15) is 25.2 Å². The zero-order chi connectivity index (χ0) is 49.2. The predicted molar refractivity (Wildman–Crippen MR) is 264 cm³/mol. The fourth-order valence-corrected chi connectivity index (χ4v) is 8.87. The number of rotatable bonds is 8. The number of nitriles is 4. The number of nitrogens with zero attached hydrogens (tertiary/aromatic N) is 7. The quantitative estimate of drug-likeness (QED) is 0.113. The summed E-state index contributed by atoms with van der Waals surface area (Å²) in [5, 5.41) is 49.2. The SMILES string of the molecule is Cc1cc(C)c(-c2[nH]c(C3(C)COC3)nc2C#N)cc1C(=O)N1CC(c2ccc(C#N)cc2)C1.Cc1cc(C)c(-c2[nH]c(C3(C)COC3)nc2C#N)cc1C(=O)O.Cl.N#Cc1ccc(C2CNC2)cc1. The lowest BCUT2D eigenvalue weighted by Gasteiger charge is -2.40. The predicted octanol–water partition coefficient (Wildman–Crippen LogP) is 8.18. The lowest BCUT2D eigenvalue weighted by atomic mass is 9.88. The molecule has 1 amide bonds. The molecule has 0 radical (unpaired) electrons. The third kappa shape index (κ3) is 9.93. The van der Waals surface area contributed by atoms with Crippen LogP contribution in [0.15, 0.2) is 72.8 Å². The molecule has 16 heteroatoms. The van der Waals surface area contributed by atoms with Crippen molar-refractivity contribution in [3.8, 4) is 46.8 Å². The van der Waals surface area contributed by atoms with Crippen molar-refractivity contribution in [1.29, 1.82) is 21.0 Å². The molecule has 4 aliphatic heterocycles. The van der Waals surface area contributed by atoms with E-state index in [1.54, 1.807) is 13.0 Å². The summed E-state index contributed by atoms with van der Waals surface area (Å²) in [7, 11) is 0. The number of carboxylic acids is 1. The van der Waals surface area contributed by atoms with Gasteiger partial charge >= 0.3 is 5.97 Å². The Morgan fingerprint density at radius 1 is 0.629 bits per heavy atom. The van der Waals surface area contributed by atoms with Crippen molar-refractivity contribution >= 4 is 24.3 Å². The Labute approximate surface area is 413 Å². The minimum atomic E-state index is -0.985. The molecule has 0 aliphatic carbocycles. The van der Waals surface area contributed by atoms with E-state index < -0.39 is 5.97 Å². The van der Waals surface area contributed by atoms with Gasteiger partial charge in [-0.25, -0.2) is 14.8 Å². The number of imidazole rings is 2. The third-order valence-electron chi connectivity index (χ3n) is 13.6. The van der Waals surface area contributed by atoms with Crippen molar-refractivity contribution < 1.29 is 24.2 Å². The molecule has 4 aromatic carbocycles. The highest BCUT2D eigenvalue weighted by Crippen LogP contribution is 2.37. The number of carbonyl (C=O) groups excluding carboxylic acids is 1. The standard InChI is InChI=1S/C27H25N5O2.C17H17N3O3.C10H10N2.ClH/c1-16-8-17(2)22(25(33)32-12-20(13-32)19-6-4-18(10-28)5-7-19)9-21(16)24-23(11-29)30-26(31-24)27(3)14-34-15-27;1-9-4-10(2)12(15(21)22)5-11(9)14-13(6-18)19-16(20-14)17(3)7-23-8-17;11-5-8-1-3-9(4-2-8)10-6-12-7-10;/h4-9,20H,12-15H2,1-3H3,(H,30,31);4-5H,7-8H2,1-3H3,(H,19,20)(H,21,22);1-4,10,12H,6-7H2;1H. The topological polar surface area (TPSA) is 241 Å². The summed E-state index contributed by atoms with van der Waals surface area (Å²) < 4.78 is 10.6. The van der Waals surface area contributed by atoms with E-state index in [0.29, 0.717) is 90.6 Å². The molecule has 0 atom stereocenters. The van der Waals surface area contributed by atoms with Crippen LogP contribution in [0.5, 0.6) is 0 Å². The van der Waals surface area contributed by atoms with Gasteiger partial charge in [0.15, 0.2) is 11.4 Å². The Morgan fingerprint density at radius 3 is 1.40 bits per heavy atom. The van der Waals surface area contributed by atoms with Crippen LogP contribution in [0.3, 0.4) is 0 Å². The number of ether oxygens (including phenoxy) is 2. The molecule has 0 bridgehead atoms. The number of aromatic nitrogens is 4. The molecule has 10 rings (SSSR count). The summed E-state index contributed by atoms with van der Waals surface area (Å²) in [5.41, 5.74) is 11.1. The van der Waals surface area contributed by atoms with Crippen LogP contribution in [0.4, 0.5) is 0 Å². The number of carboxylic acid groups (broad SMARTS) is 1. The number of hydrogen-bond donors (Lipinski definition) is 4. The highest BCUT2D eigenvalue weighted by Gasteiger charge is 2.40. The Hall–Kier alpha value is -7.63. The number of halogens is 1. The average Bonchev–Trinajstić information content (AvgIpc) is 3.93. The maximum Gasteiger partial charge on any atom is 0.335 e. The van der Waals surface area contributed by atoms with Crippen molar-refractivity contribution in [3.05, 3.63) is 151 Å². The molecular formula is C54H53ClN10O5. The van der Waals surface area contributed by atoms with E-state index in [1.807, 2.05) is 99.3 Å². The van der Waals surface area contributed by atoms with Crippen molar-refractivity contribution in [2.45, 2.75) is 64.2 Å². The van der Waals surface area contributed by atoms with Gasteiger partial charge in [-0.1, -0.05) is 36.4 Å². The summed E-state index contributed by atoms with van der Waals surface area (Å²) in [4.78, 5) is 42.1. The van der Waals surface area contributed by atoms with Gasteiger partial charge in [-0.3, -0.25) is 4.79 Å². The normalized spacial score (nSPS) is 16.2. The van der Waals surface area contributed by atoms with E-state index in [-0.39, 0.29) is 46.3 Å². The number of H-pyrrole nitrogens is 2. The van der Waals surface area contributed by atoms with Crippen LogP contribution >= 0.6 is 12.4 Å². The molecule has 70 heavy (non-hydrogen) atoms. The number of hydrogen-bond acceptors (Lipinski definition) is 11. The highest BCUT2D eigenvalue weighted by molar-refractivity contribution is 5.98. The Kier molecular flexibility index (Phi) is 14.7. The number of carbonyl (C=O) groups is 2. The van der Waals surface area contributed by atoms with Gasteiger partial charge in [-0.05, 0) is 111 Å². The minimum Gasteiger partial charge on any atom is -0.478 e. The first-order valence-electron chi connectivity index (χ1n) is 22.7.